The Morgan fingerprint density at radius 3 is 2.92 bits per heavy atom. The van der Waals surface area contributed by atoms with Crippen molar-refractivity contribution >= 4 is 26.6 Å². The van der Waals surface area contributed by atoms with Gasteiger partial charge in [-0.15, -0.1) is 0 Å². The van der Waals surface area contributed by atoms with Gasteiger partial charge in [-0.1, -0.05) is 0 Å². The van der Waals surface area contributed by atoms with Crippen LogP contribution in [0.3, 0.4) is 0 Å². The molecule has 1 aromatic heterocycles. The van der Waals surface area contributed by atoms with Crippen LogP contribution in [0.1, 0.15) is 18.9 Å². The van der Waals surface area contributed by atoms with Crippen molar-refractivity contribution < 1.29 is 17.9 Å². The zero-order valence-electron chi connectivity index (χ0n) is 13.9. The molecule has 1 unspecified atom stereocenters. The van der Waals surface area contributed by atoms with Crippen LogP contribution in [0.25, 0.3) is 10.9 Å². The van der Waals surface area contributed by atoms with Crippen molar-refractivity contribution in [2.45, 2.75) is 25.8 Å². The minimum atomic E-state index is -3.04. The summed E-state index contributed by atoms with van der Waals surface area (Å²) in [5.74, 6) is 0.904. The molecule has 0 radical (unpaired) electrons. The van der Waals surface area contributed by atoms with Crippen molar-refractivity contribution in [3.63, 3.8) is 0 Å². The average molecular weight is 350 g/mol. The van der Waals surface area contributed by atoms with Crippen LogP contribution in [-0.4, -0.2) is 55.4 Å². The Labute approximate surface area is 141 Å². The molecule has 1 aliphatic rings. The highest BCUT2D eigenvalue weighted by atomic mass is 32.2. The summed E-state index contributed by atoms with van der Waals surface area (Å²) in [6.07, 6.45) is 2.58. The molecule has 0 aliphatic carbocycles. The van der Waals surface area contributed by atoms with Crippen LogP contribution in [0, 0.1) is 0 Å². The lowest BCUT2D eigenvalue weighted by atomic mass is 10.1. The average Bonchev–Trinajstić information content (AvgIpc) is 2.88. The Balaban J connectivity index is 1.81. The number of H-pyrrole nitrogens is 1. The Bertz CT molecular complexity index is 857. The first-order valence-electron chi connectivity index (χ1n) is 8.03. The number of ether oxygens (including phenoxy) is 1. The SMILES string of the molecule is COc1ccc2[nH]cc(CC(=O)N3CCS(=O)(=O)CCC3C)c2c1. The highest BCUT2D eigenvalue weighted by Gasteiger charge is 2.28. The van der Waals surface area contributed by atoms with Crippen molar-refractivity contribution in [3.8, 4) is 5.75 Å². The summed E-state index contributed by atoms with van der Waals surface area (Å²) in [6, 6.07) is 5.63. The first kappa shape index (κ1) is 16.8. The molecule has 6 nitrogen and oxygen atoms in total. The molecule has 0 bridgehead atoms. The van der Waals surface area contributed by atoms with Crippen LogP contribution < -0.4 is 4.74 Å². The quantitative estimate of drug-likeness (QED) is 0.915. The van der Waals surface area contributed by atoms with Crippen molar-refractivity contribution in [3.05, 3.63) is 30.0 Å². The molecule has 2 heterocycles. The van der Waals surface area contributed by atoms with E-state index in [0.29, 0.717) is 6.42 Å². The normalized spacial score (nSPS) is 20.8. The zero-order valence-corrected chi connectivity index (χ0v) is 14.7. The van der Waals surface area contributed by atoms with E-state index in [1.165, 1.54) is 0 Å². The van der Waals surface area contributed by atoms with Crippen LogP contribution in [-0.2, 0) is 21.1 Å². The smallest absolute Gasteiger partial charge is 0.227 e. The van der Waals surface area contributed by atoms with Gasteiger partial charge in [0.15, 0.2) is 9.84 Å². The fourth-order valence-corrected chi connectivity index (χ4v) is 4.51. The predicted molar refractivity (Wildman–Crippen MR) is 93.0 cm³/mol. The minimum Gasteiger partial charge on any atom is -0.497 e. The number of benzene rings is 1. The molecule has 0 saturated carbocycles. The highest BCUT2D eigenvalue weighted by Crippen LogP contribution is 2.25. The van der Waals surface area contributed by atoms with Gasteiger partial charge in [-0.3, -0.25) is 4.79 Å². The standard InChI is InChI=1S/C17H22N2O4S/c1-12-5-7-24(21,22)8-6-19(12)17(20)9-13-11-18-16-4-3-14(23-2)10-15(13)16/h3-4,10-12,18H,5-9H2,1-2H3. The van der Waals surface area contributed by atoms with Gasteiger partial charge in [0.2, 0.25) is 5.91 Å². The second kappa shape index (κ2) is 6.47. The summed E-state index contributed by atoms with van der Waals surface area (Å²) >= 11 is 0. The first-order valence-corrected chi connectivity index (χ1v) is 9.85. The number of nitrogens with zero attached hydrogens (tertiary/aromatic N) is 1. The number of fused-ring (bicyclic) bond motifs is 1. The Morgan fingerprint density at radius 1 is 1.38 bits per heavy atom. The Kier molecular flexibility index (Phi) is 4.54. The number of rotatable bonds is 3. The summed E-state index contributed by atoms with van der Waals surface area (Å²) < 4.78 is 28.8. The number of sulfone groups is 1. The van der Waals surface area contributed by atoms with E-state index in [2.05, 4.69) is 4.98 Å². The monoisotopic (exact) mass is 350 g/mol. The third-order valence-corrected chi connectivity index (χ3v) is 6.32. The molecule has 130 valence electrons. The molecular weight excluding hydrogens is 328 g/mol. The third-order valence-electron chi connectivity index (χ3n) is 4.66. The number of nitrogens with one attached hydrogen (secondary N) is 1. The number of amides is 1. The number of hydrogen-bond acceptors (Lipinski definition) is 4. The number of methoxy groups -OCH3 is 1. The van der Waals surface area contributed by atoms with Crippen molar-refractivity contribution in [2.24, 2.45) is 0 Å². The maximum Gasteiger partial charge on any atom is 0.227 e. The largest absolute Gasteiger partial charge is 0.497 e. The maximum absolute atomic E-state index is 12.7. The summed E-state index contributed by atoms with van der Waals surface area (Å²) in [6.45, 7) is 2.19. The van der Waals surface area contributed by atoms with E-state index in [-0.39, 0.29) is 36.4 Å². The van der Waals surface area contributed by atoms with Gasteiger partial charge in [0.05, 0.1) is 25.0 Å². The molecule has 1 aromatic carbocycles. The van der Waals surface area contributed by atoms with E-state index in [1.54, 1.807) is 12.0 Å². The Morgan fingerprint density at radius 2 is 2.17 bits per heavy atom. The Hall–Kier alpha value is -2.02. The predicted octanol–water partition coefficient (Wildman–Crippen LogP) is 1.75. The van der Waals surface area contributed by atoms with E-state index >= 15 is 0 Å². The van der Waals surface area contributed by atoms with Gasteiger partial charge in [0.25, 0.3) is 0 Å². The second-order valence-corrected chi connectivity index (χ2v) is 8.58. The lowest BCUT2D eigenvalue weighted by Gasteiger charge is -2.26. The minimum absolute atomic E-state index is 0.0386. The molecule has 1 aliphatic heterocycles. The molecule has 3 rings (SSSR count). The second-order valence-electron chi connectivity index (χ2n) is 6.28. The van der Waals surface area contributed by atoms with E-state index in [9.17, 15) is 13.2 Å². The molecule has 1 fully saturated rings. The summed E-state index contributed by atoms with van der Waals surface area (Å²) in [5, 5.41) is 0.956. The van der Waals surface area contributed by atoms with Crippen LogP contribution in [0.4, 0.5) is 0 Å². The van der Waals surface area contributed by atoms with Gasteiger partial charge < -0.3 is 14.6 Å². The maximum atomic E-state index is 12.7. The third kappa shape index (κ3) is 3.40. The fourth-order valence-electron chi connectivity index (χ4n) is 3.13. The number of aromatic amines is 1. The lowest BCUT2D eigenvalue weighted by molar-refractivity contribution is -0.132. The van der Waals surface area contributed by atoms with Crippen molar-refractivity contribution in [2.75, 3.05) is 25.2 Å². The number of carbonyl (C=O) groups is 1. The zero-order chi connectivity index (χ0) is 17.3. The van der Waals surface area contributed by atoms with E-state index in [1.807, 2.05) is 31.3 Å². The van der Waals surface area contributed by atoms with Crippen LogP contribution in [0.2, 0.25) is 0 Å². The molecule has 0 spiro atoms. The summed E-state index contributed by atoms with van der Waals surface area (Å²) in [7, 11) is -1.43. The number of carbonyl (C=O) groups excluding carboxylic acids is 1. The first-order chi connectivity index (χ1) is 11.4. The molecule has 1 amide bonds. The molecular formula is C17H22N2O4S. The van der Waals surface area contributed by atoms with E-state index in [4.69, 9.17) is 4.74 Å². The van der Waals surface area contributed by atoms with Gasteiger partial charge in [-0.25, -0.2) is 8.42 Å². The molecule has 1 N–H and O–H groups in total. The van der Waals surface area contributed by atoms with Crippen molar-refractivity contribution in [1.29, 1.82) is 0 Å². The van der Waals surface area contributed by atoms with Crippen LogP contribution in [0.5, 0.6) is 5.75 Å². The van der Waals surface area contributed by atoms with E-state index < -0.39 is 9.84 Å². The summed E-state index contributed by atoms with van der Waals surface area (Å²) in [5.41, 5.74) is 1.85. The molecule has 2 aromatic rings. The fraction of sp³-hybridized carbons (Fsp3) is 0.471. The molecule has 1 saturated heterocycles. The highest BCUT2D eigenvalue weighted by molar-refractivity contribution is 7.91. The van der Waals surface area contributed by atoms with Gasteiger partial charge in [-0.2, -0.15) is 0 Å². The van der Waals surface area contributed by atoms with Gasteiger partial charge in [-0.05, 0) is 37.1 Å². The summed E-state index contributed by atoms with van der Waals surface area (Å²) in [4.78, 5) is 17.6. The van der Waals surface area contributed by atoms with Gasteiger partial charge >= 0.3 is 0 Å². The van der Waals surface area contributed by atoms with Crippen LogP contribution in [0.15, 0.2) is 24.4 Å². The number of hydrogen-bond donors (Lipinski definition) is 1. The lowest BCUT2D eigenvalue weighted by Crippen LogP contribution is -2.40. The van der Waals surface area contributed by atoms with Gasteiger partial charge in [0.1, 0.15) is 5.75 Å². The van der Waals surface area contributed by atoms with Crippen LogP contribution >= 0.6 is 0 Å². The number of aromatic nitrogens is 1. The topological polar surface area (TPSA) is 79.5 Å². The van der Waals surface area contributed by atoms with E-state index in [0.717, 1.165) is 22.2 Å². The molecule has 1 atom stereocenters. The van der Waals surface area contributed by atoms with Crippen molar-refractivity contribution in [1.82, 2.24) is 9.88 Å². The molecule has 7 heteroatoms. The van der Waals surface area contributed by atoms with Gasteiger partial charge in [0, 0.05) is 29.7 Å². The molecule has 24 heavy (non-hydrogen) atoms.